The van der Waals surface area contributed by atoms with E-state index in [0.717, 1.165) is 0 Å². The van der Waals surface area contributed by atoms with Gasteiger partial charge in [-0.3, -0.25) is 0 Å². The number of hydrogen-bond donors (Lipinski definition) is 0. The highest BCUT2D eigenvalue weighted by atomic mass is 19.4. The molecule has 0 aliphatic rings. The minimum atomic E-state index is -4.43. The lowest BCUT2D eigenvalue weighted by Gasteiger charge is -2.07. The summed E-state index contributed by atoms with van der Waals surface area (Å²) in [7, 11) is 0. The van der Waals surface area contributed by atoms with E-state index in [1.54, 1.807) is 18.2 Å². The molecule has 0 N–H and O–H groups in total. The summed E-state index contributed by atoms with van der Waals surface area (Å²) < 4.78 is 42.3. The third-order valence-corrected chi connectivity index (χ3v) is 3.20. The van der Waals surface area contributed by atoms with E-state index in [2.05, 4.69) is 5.10 Å². The van der Waals surface area contributed by atoms with Crippen LogP contribution in [0, 0.1) is 0 Å². The molecule has 3 rings (SSSR count). The number of halogens is 3. The fraction of sp³-hybridized carbons (Fsp3) is 0.214. The molecule has 3 aromatic rings. The lowest BCUT2D eigenvalue weighted by atomic mass is 10.1. The zero-order chi connectivity index (χ0) is 14.2. The Kier molecular flexibility index (Phi) is 3.00. The summed E-state index contributed by atoms with van der Waals surface area (Å²) in [5.41, 5.74) is -0.0466. The Morgan fingerprint density at radius 3 is 2.40 bits per heavy atom. The van der Waals surface area contributed by atoms with Crippen molar-refractivity contribution in [2.75, 3.05) is 0 Å². The molecule has 0 radical (unpaired) electrons. The lowest BCUT2D eigenvalue weighted by molar-refractivity contribution is -0.141. The summed E-state index contributed by atoms with van der Waals surface area (Å²) in [6, 6.07) is 8.74. The molecule has 3 heterocycles. The van der Waals surface area contributed by atoms with Crippen molar-refractivity contribution in [2.24, 2.45) is 0 Å². The van der Waals surface area contributed by atoms with Gasteiger partial charge in [0.1, 0.15) is 0 Å². The minimum Gasteiger partial charge on any atom is -0.354 e. The largest absolute Gasteiger partial charge is 0.435 e. The Balaban J connectivity index is 2.02. The van der Waals surface area contributed by atoms with Gasteiger partial charge in [0.05, 0.1) is 5.52 Å². The zero-order valence-corrected chi connectivity index (χ0v) is 10.5. The standard InChI is InChI=1S/C14H12F3N3/c15-14(16,17)13-11(6-10-19-7-3-4-8-19)12-5-1-2-9-20(12)18-13/h1-5,7-9H,6,10H2. The first-order chi connectivity index (χ1) is 9.55. The highest BCUT2D eigenvalue weighted by Gasteiger charge is 2.37. The van der Waals surface area contributed by atoms with Crippen molar-refractivity contribution in [1.82, 2.24) is 14.2 Å². The van der Waals surface area contributed by atoms with Crippen LogP contribution in [0.2, 0.25) is 0 Å². The van der Waals surface area contributed by atoms with Crippen LogP contribution in [0.4, 0.5) is 13.2 Å². The quantitative estimate of drug-likeness (QED) is 0.720. The summed E-state index contributed by atoms with van der Waals surface area (Å²) in [6.45, 7) is 0.492. The molecule has 0 aliphatic heterocycles. The van der Waals surface area contributed by atoms with Crippen molar-refractivity contribution in [3.05, 3.63) is 60.2 Å². The van der Waals surface area contributed by atoms with E-state index in [9.17, 15) is 13.2 Å². The summed E-state index contributed by atoms with van der Waals surface area (Å²) in [5.74, 6) is 0. The van der Waals surface area contributed by atoms with Gasteiger partial charge in [-0.1, -0.05) is 6.07 Å². The Morgan fingerprint density at radius 1 is 1.00 bits per heavy atom. The number of rotatable bonds is 3. The van der Waals surface area contributed by atoms with E-state index in [1.807, 2.05) is 29.1 Å². The van der Waals surface area contributed by atoms with Crippen LogP contribution in [0.5, 0.6) is 0 Å². The van der Waals surface area contributed by atoms with E-state index in [-0.39, 0.29) is 12.0 Å². The Labute approximate surface area is 113 Å². The van der Waals surface area contributed by atoms with Crippen LogP contribution in [-0.2, 0) is 19.1 Å². The third-order valence-electron chi connectivity index (χ3n) is 3.20. The Morgan fingerprint density at radius 2 is 1.70 bits per heavy atom. The minimum absolute atomic E-state index is 0.242. The van der Waals surface area contributed by atoms with Gasteiger partial charge in [-0.05, 0) is 30.7 Å². The first-order valence-corrected chi connectivity index (χ1v) is 6.20. The maximum Gasteiger partial charge on any atom is 0.435 e. The summed E-state index contributed by atoms with van der Waals surface area (Å²) >= 11 is 0. The van der Waals surface area contributed by atoms with Crippen molar-refractivity contribution >= 4 is 5.52 Å². The van der Waals surface area contributed by atoms with Gasteiger partial charge in [-0.25, -0.2) is 4.52 Å². The molecule has 0 aliphatic carbocycles. The van der Waals surface area contributed by atoms with E-state index >= 15 is 0 Å². The number of alkyl halides is 3. The molecule has 20 heavy (non-hydrogen) atoms. The van der Waals surface area contributed by atoms with E-state index in [4.69, 9.17) is 0 Å². The van der Waals surface area contributed by atoms with Crippen LogP contribution in [-0.4, -0.2) is 14.2 Å². The summed E-state index contributed by atoms with van der Waals surface area (Å²) in [4.78, 5) is 0. The van der Waals surface area contributed by atoms with Crippen LogP contribution in [0.1, 0.15) is 11.3 Å². The monoisotopic (exact) mass is 279 g/mol. The average molecular weight is 279 g/mol. The van der Waals surface area contributed by atoms with Gasteiger partial charge in [0.2, 0.25) is 0 Å². The first-order valence-electron chi connectivity index (χ1n) is 6.20. The normalized spacial score (nSPS) is 12.2. The van der Waals surface area contributed by atoms with Gasteiger partial charge >= 0.3 is 6.18 Å². The van der Waals surface area contributed by atoms with Crippen LogP contribution >= 0.6 is 0 Å². The molecule has 0 aromatic carbocycles. The SMILES string of the molecule is FC(F)(F)c1nn2ccccc2c1CCn1cccc1. The van der Waals surface area contributed by atoms with Crippen LogP contribution in [0.25, 0.3) is 5.52 Å². The molecule has 0 saturated heterocycles. The second-order valence-corrected chi connectivity index (χ2v) is 4.53. The fourth-order valence-electron chi connectivity index (χ4n) is 2.28. The third kappa shape index (κ3) is 2.29. The second kappa shape index (κ2) is 4.70. The smallest absolute Gasteiger partial charge is 0.354 e. The molecule has 0 bridgehead atoms. The van der Waals surface area contributed by atoms with Gasteiger partial charge in [-0.15, -0.1) is 0 Å². The average Bonchev–Trinajstić information content (AvgIpc) is 3.03. The van der Waals surface area contributed by atoms with Crippen molar-refractivity contribution < 1.29 is 13.2 Å². The number of nitrogens with zero attached hydrogens (tertiary/aromatic N) is 3. The highest BCUT2D eigenvalue weighted by Crippen LogP contribution is 2.33. The summed E-state index contributed by atoms with van der Waals surface area (Å²) in [6.07, 6.45) is 1.05. The maximum atomic E-state index is 13.1. The topological polar surface area (TPSA) is 22.2 Å². The van der Waals surface area contributed by atoms with E-state index in [1.165, 1.54) is 10.7 Å². The molecule has 3 aromatic heterocycles. The second-order valence-electron chi connectivity index (χ2n) is 4.53. The van der Waals surface area contributed by atoms with Gasteiger partial charge in [0, 0.05) is 30.7 Å². The van der Waals surface area contributed by atoms with Crippen LogP contribution < -0.4 is 0 Å². The maximum absolute atomic E-state index is 13.1. The molecular weight excluding hydrogens is 267 g/mol. The molecule has 0 atom stereocenters. The van der Waals surface area contributed by atoms with Gasteiger partial charge in [-0.2, -0.15) is 18.3 Å². The molecule has 0 spiro atoms. The van der Waals surface area contributed by atoms with Crippen LogP contribution in [0.3, 0.4) is 0 Å². The van der Waals surface area contributed by atoms with Crippen molar-refractivity contribution in [1.29, 1.82) is 0 Å². The first kappa shape index (κ1) is 12.8. The number of hydrogen-bond acceptors (Lipinski definition) is 1. The van der Waals surface area contributed by atoms with Crippen LogP contribution in [0.15, 0.2) is 48.9 Å². The fourth-order valence-corrected chi connectivity index (χ4v) is 2.28. The molecule has 0 amide bonds. The Bertz CT molecular complexity index is 711. The highest BCUT2D eigenvalue weighted by molar-refractivity contribution is 5.57. The molecule has 6 heteroatoms. The lowest BCUT2D eigenvalue weighted by Crippen LogP contribution is -2.10. The molecule has 3 nitrogen and oxygen atoms in total. The van der Waals surface area contributed by atoms with E-state index < -0.39 is 11.9 Å². The number of aryl methyl sites for hydroxylation is 2. The number of fused-ring (bicyclic) bond motifs is 1. The van der Waals surface area contributed by atoms with Gasteiger partial charge in [0.15, 0.2) is 5.69 Å². The van der Waals surface area contributed by atoms with Gasteiger partial charge in [0.25, 0.3) is 0 Å². The number of aromatic nitrogens is 3. The molecule has 0 unspecified atom stereocenters. The molecule has 0 fully saturated rings. The number of pyridine rings is 1. The molecule has 104 valence electrons. The molecule has 0 saturated carbocycles. The van der Waals surface area contributed by atoms with Crippen molar-refractivity contribution in [3.8, 4) is 0 Å². The predicted octanol–water partition coefficient (Wildman–Crippen LogP) is 3.40. The van der Waals surface area contributed by atoms with Gasteiger partial charge < -0.3 is 4.57 Å². The zero-order valence-electron chi connectivity index (χ0n) is 10.5. The predicted molar refractivity (Wildman–Crippen MR) is 68.3 cm³/mol. The Hall–Kier alpha value is -2.24. The summed E-state index contributed by atoms with van der Waals surface area (Å²) in [5, 5.41) is 3.67. The van der Waals surface area contributed by atoms with Crippen molar-refractivity contribution in [3.63, 3.8) is 0 Å². The van der Waals surface area contributed by atoms with E-state index in [0.29, 0.717) is 12.1 Å². The van der Waals surface area contributed by atoms with Crippen molar-refractivity contribution in [2.45, 2.75) is 19.1 Å². The molecular formula is C14H12F3N3.